The fourth-order valence-corrected chi connectivity index (χ4v) is 1.28. The van der Waals surface area contributed by atoms with Crippen LogP contribution in [-0.2, 0) is 9.59 Å². The van der Waals surface area contributed by atoms with E-state index in [0.29, 0.717) is 6.42 Å². The predicted molar refractivity (Wildman–Crippen MR) is 71.3 cm³/mol. The van der Waals surface area contributed by atoms with E-state index >= 15 is 0 Å². The van der Waals surface area contributed by atoms with Gasteiger partial charge in [-0.2, -0.15) is 0 Å². The van der Waals surface area contributed by atoms with E-state index in [9.17, 15) is 9.59 Å². The molecule has 0 radical (unpaired) electrons. The number of carbonyl (C=O) groups is 2. The summed E-state index contributed by atoms with van der Waals surface area (Å²) >= 11 is 0. The zero-order chi connectivity index (χ0) is 12.6. The van der Waals surface area contributed by atoms with Crippen molar-refractivity contribution < 1.29 is 9.59 Å². The third-order valence-corrected chi connectivity index (χ3v) is 2.07. The Labute approximate surface area is 110 Å². The van der Waals surface area contributed by atoms with Crippen molar-refractivity contribution in [1.29, 1.82) is 0 Å². The fourth-order valence-electron chi connectivity index (χ4n) is 1.28. The lowest BCUT2D eigenvalue weighted by atomic mass is 10.2. The number of amides is 2. The first kappa shape index (κ1) is 18.6. The third kappa shape index (κ3) is 10.1. The molecule has 2 N–H and O–H groups in total. The third-order valence-electron chi connectivity index (χ3n) is 2.07. The topological polar surface area (TPSA) is 61.4 Å². The SMILES string of the molecule is CNCCCC(=O)N(C)CC(=O)NC(C)C.Cl. The van der Waals surface area contributed by atoms with Crippen LogP contribution in [0.4, 0.5) is 0 Å². The van der Waals surface area contributed by atoms with Gasteiger partial charge in [-0.25, -0.2) is 0 Å². The molecular formula is C11H24ClN3O2. The van der Waals surface area contributed by atoms with E-state index in [-0.39, 0.29) is 36.8 Å². The van der Waals surface area contributed by atoms with Crippen molar-refractivity contribution in [1.82, 2.24) is 15.5 Å². The molecule has 0 bridgehead atoms. The smallest absolute Gasteiger partial charge is 0.239 e. The molecule has 0 spiro atoms. The van der Waals surface area contributed by atoms with Gasteiger partial charge in [-0.3, -0.25) is 9.59 Å². The van der Waals surface area contributed by atoms with Crippen LogP contribution in [0.2, 0.25) is 0 Å². The summed E-state index contributed by atoms with van der Waals surface area (Å²) < 4.78 is 0. The van der Waals surface area contributed by atoms with Gasteiger partial charge in [0.15, 0.2) is 0 Å². The summed E-state index contributed by atoms with van der Waals surface area (Å²) in [6, 6.07) is 0.111. The molecule has 0 aromatic carbocycles. The van der Waals surface area contributed by atoms with Crippen LogP contribution in [-0.4, -0.2) is 49.9 Å². The summed E-state index contributed by atoms with van der Waals surface area (Å²) in [7, 11) is 3.51. The monoisotopic (exact) mass is 265 g/mol. The Morgan fingerprint density at radius 3 is 2.35 bits per heavy atom. The molecule has 0 aromatic heterocycles. The van der Waals surface area contributed by atoms with Crippen molar-refractivity contribution in [3.05, 3.63) is 0 Å². The average molecular weight is 266 g/mol. The van der Waals surface area contributed by atoms with Gasteiger partial charge >= 0.3 is 0 Å². The molecule has 2 amide bonds. The highest BCUT2D eigenvalue weighted by molar-refractivity contribution is 5.85. The molecule has 0 aliphatic rings. The molecule has 0 fully saturated rings. The molecule has 0 saturated heterocycles. The molecule has 0 saturated carbocycles. The molecule has 0 atom stereocenters. The van der Waals surface area contributed by atoms with E-state index in [1.54, 1.807) is 7.05 Å². The summed E-state index contributed by atoms with van der Waals surface area (Å²) in [5, 5.41) is 5.73. The molecule has 0 rings (SSSR count). The van der Waals surface area contributed by atoms with Gasteiger partial charge in [0.05, 0.1) is 6.54 Å². The van der Waals surface area contributed by atoms with E-state index in [1.165, 1.54) is 4.90 Å². The zero-order valence-electron chi connectivity index (χ0n) is 11.1. The minimum atomic E-state index is -0.112. The molecule has 102 valence electrons. The number of rotatable bonds is 7. The second-order valence-corrected chi connectivity index (χ2v) is 4.18. The van der Waals surface area contributed by atoms with Crippen molar-refractivity contribution in [3.8, 4) is 0 Å². The molecule has 0 aliphatic heterocycles. The summed E-state index contributed by atoms with van der Waals surface area (Å²) in [5.74, 6) is -0.103. The second kappa shape index (κ2) is 10.4. The molecule has 5 nitrogen and oxygen atoms in total. The molecule has 0 heterocycles. The molecular weight excluding hydrogens is 242 g/mol. The lowest BCUT2D eigenvalue weighted by molar-refractivity contribution is -0.134. The highest BCUT2D eigenvalue weighted by atomic mass is 35.5. The average Bonchev–Trinajstić information content (AvgIpc) is 2.16. The van der Waals surface area contributed by atoms with Crippen LogP contribution in [0.15, 0.2) is 0 Å². The van der Waals surface area contributed by atoms with Gasteiger partial charge in [-0.15, -0.1) is 12.4 Å². The minimum Gasteiger partial charge on any atom is -0.352 e. The van der Waals surface area contributed by atoms with Crippen molar-refractivity contribution in [2.75, 3.05) is 27.2 Å². The molecule has 0 aliphatic carbocycles. The Bertz CT molecular complexity index is 235. The Hall–Kier alpha value is -0.810. The number of likely N-dealkylation sites (N-methyl/N-ethyl adjacent to an activating group) is 1. The van der Waals surface area contributed by atoms with Crippen LogP contribution in [0.1, 0.15) is 26.7 Å². The second-order valence-electron chi connectivity index (χ2n) is 4.18. The van der Waals surface area contributed by atoms with Crippen molar-refractivity contribution in [2.24, 2.45) is 0 Å². The molecule has 0 aromatic rings. The van der Waals surface area contributed by atoms with Crippen LogP contribution in [0.3, 0.4) is 0 Å². The normalized spacial score (nSPS) is 9.71. The fraction of sp³-hybridized carbons (Fsp3) is 0.818. The Kier molecular flexibility index (Phi) is 11.3. The summed E-state index contributed by atoms with van der Waals surface area (Å²) in [6.07, 6.45) is 1.28. The number of carbonyl (C=O) groups excluding carboxylic acids is 2. The quantitative estimate of drug-likeness (QED) is 0.655. The van der Waals surface area contributed by atoms with Gasteiger partial charge < -0.3 is 15.5 Å². The van der Waals surface area contributed by atoms with Gasteiger partial charge in [0, 0.05) is 19.5 Å². The summed E-state index contributed by atoms with van der Waals surface area (Å²) in [5.41, 5.74) is 0. The lowest BCUT2D eigenvalue weighted by Gasteiger charge is -2.17. The summed E-state index contributed by atoms with van der Waals surface area (Å²) in [6.45, 7) is 4.74. The van der Waals surface area contributed by atoms with Gasteiger partial charge in [-0.1, -0.05) is 0 Å². The molecule has 6 heteroatoms. The number of halogens is 1. The maximum atomic E-state index is 11.6. The van der Waals surface area contributed by atoms with E-state index in [0.717, 1.165) is 13.0 Å². The van der Waals surface area contributed by atoms with Crippen LogP contribution in [0, 0.1) is 0 Å². The first-order chi connectivity index (χ1) is 7.47. The molecule has 17 heavy (non-hydrogen) atoms. The highest BCUT2D eigenvalue weighted by Crippen LogP contribution is 1.94. The van der Waals surface area contributed by atoms with Gasteiger partial charge in [0.25, 0.3) is 0 Å². The van der Waals surface area contributed by atoms with E-state index in [1.807, 2.05) is 20.9 Å². The highest BCUT2D eigenvalue weighted by Gasteiger charge is 2.12. The zero-order valence-corrected chi connectivity index (χ0v) is 11.9. The molecule has 0 unspecified atom stereocenters. The van der Waals surface area contributed by atoms with E-state index in [2.05, 4.69) is 10.6 Å². The number of hydrogen-bond donors (Lipinski definition) is 2. The van der Waals surface area contributed by atoms with Crippen LogP contribution >= 0.6 is 12.4 Å². The minimum absolute atomic E-state index is 0. The number of nitrogens with zero attached hydrogens (tertiary/aromatic N) is 1. The first-order valence-corrected chi connectivity index (χ1v) is 5.65. The Balaban J connectivity index is 0. The van der Waals surface area contributed by atoms with Crippen LogP contribution < -0.4 is 10.6 Å². The van der Waals surface area contributed by atoms with Crippen LogP contribution in [0.25, 0.3) is 0 Å². The predicted octanol–water partition coefficient (Wildman–Crippen LogP) is 0.391. The van der Waals surface area contributed by atoms with Crippen molar-refractivity contribution >= 4 is 24.2 Å². The first-order valence-electron chi connectivity index (χ1n) is 5.65. The lowest BCUT2D eigenvalue weighted by Crippen LogP contribution is -2.40. The van der Waals surface area contributed by atoms with Gasteiger partial charge in [-0.05, 0) is 33.9 Å². The van der Waals surface area contributed by atoms with E-state index < -0.39 is 0 Å². The maximum Gasteiger partial charge on any atom is 0.239 e. The van der Waals surface area contributed by atoms with Crippen molar-refractivity contribution in [3.63, 3.8) is 0 Å². The maximum absolute atomic E-state index is 11.6. The Morgan fingerprint density at radius 1 is 1.29 bits per heavy atom. The number of nitrogens with one attached hydrogen (secondary N) is 2. The Morgan fingerprint density at radius 2 is 1.88 bits per heavy atom. The number of hydrogen-bond acceptors (Lipinski definition) is 3. The van der Waals surface area contributed by atoms with Crippen molar-refractivity contribution in [2.45, 2.75) is 32.7 Å². The summed E-state index contributed by atoms with van der Waals surface area (Å²) in [4.78, 5) is 24.4. The largest absolute Gasteiger partial charge is 0.352 e. The van der Waals surface area contributed by atoms with Gasteiger partial charge in [0.2, 0.25) is 11.8 Å². The standard InChI is InChI=1S/C11H23N3O2.ClH/c1-9(2)13-10(15)8-14(4)11(16)6-5-7-12-3;/h9,12H,5-8H2,1-4H3,(H,13,15);1H. The van der Waals surface area contributed by atoms with Crippen LogP contribution in [0.5, 0.6) is 0 Å². The van der Waals surface area contributed by atoms with E-state index in [4.69, 9.17) is 0 Å². The van der Waals surface area contributed by atoms with Gasteiger partial charge in [0.1, 0.15) is 0 Å².